The maximum atomic E-state index is 10.9. The minimum atomic E-state index is -0.333. The molecule has 0 saturated carbocycles. The third-order valence-corrected chi connectivity index (χ3v) is 3.25. The van der Waals surface area contributed by atoms with Crippen molar-refractivity contribution >= 4 is 21.6 Å². The highest BCUT2D eigenvalue weighted by Crippen LogP contribution is 2.22. The molecule has 0 aliphatic heterocycles. The van der Waals surface area contributed by atoms with Crippen LogP contribution in [0.2, 0.25) is 0 Å². The van der Waals surface area contributed by atoms with Crippen LogP contribution in [0.4, 0.5) is 5.69 Å². The van der Waals surface area contributed by atoms with Crippen LogP contribution < -0.4 is 5.32 Å². The number of hydrogen-bond donors (Lipinski definition) is 1. The fourth-order valence-electron chi connectivity index (χ4n) is 1.77. The number of nitrogens with one attached hydrogen (secondary N) is 1. The van der Waals surface area contributed by atoms with Crippen LogP contribution in [0.25, 0.3) is 0 Å². The Morgan fingerprint density at radius 1 is 1.33 bits per heavy atom. The first-order valence-corrected chi connectivity index (χ1v) is 7.08. The molecule has 0 unspecified atom stereocenters. The Hall–Kier alpha value is -0.940. The van der Waals surface area contributed by atoms with Crippen LogP contribution in [-0.2, 0) is 6.54 Å². The summed E-state index contributed by atoms with van der Waals surface area (Å²) in [5.41, 5.74) is 0.907. The third-order valence-electron chi connectivity index (χ3n) is 2.76. The van der Waals surface area contributed by atoms with Gasteiger partial charge in [0.2, 0.25) is 0 Å². The molecule has 0 fully saturated rings. The Morgan fingerprint density at radius 2 is 2.11 bits per heavy atom. The van der Waals surface area contributed by atoms with Gasteiger partial charge in [0.25, 0.3) is 5.69 Å². The predicted octanol–water partition coefficient (Wildman–Crippen LogP) is 4.03. The highest BCUT2D eigenvalue weighted by molar-refractivity contribution is 9.10. The molecule has 18 heavy (non-hydrogen) atoms. The van der Waals surface area contributed by atoms with E-state index in [0.717, 1.165) is 23.0 Å². The minimum Gasteiger partial charge on any atom is -0.312 e. The van der Waals surface area contributed by atoms with Gasteiger partial charge in [-0.2, -0.15) is 0 Å². The summed E-state index contributed by atoms with van der Waals surface area (Å²) in [6.07, 6.45) is 4.80. The van der Waals surface area contributed by atoms with Gasteiger partial charge in [-0.15, -0.1) is 0 Å². The van der Waals surface area contributed by atoms with E-state index in [1.54, 1.807) is 12.1 Å². The predicted molar refractivity (Wildman–Crippen MR) is 76.6 cm³/mol. The average Bonchev–Trinajstić information content (AvgIpc) is 2.33. The van der Waals surface area contributed by atoms with Crippen molar-refractivity contribution in [1.82, 2.24) is 5.32 Å². The maximum Gasteiger partial charge on any atom is 0.273 e. The summed E-state index contributed by atoms with van der Waals surface area (Å²) in [7, 11) is 0. The average molecular weight is 315 g/mol. The van der Waals surface area contributed by atoms with Gasteiger partial charge in [0.05, 0.1) is 4.92 Å². The smallest absolute Gasteiger partial charge is 0.273 e. The lowest BCUT2D eigenvalue weighted by atomic mass is 10.1. The molecule has 0 saturated heterocycles. The summed E-state index contributed by atoms with van der Waals surface area (Å²) >= 11 is 3.34. The summed E-state index contributed by atoms with van der Waals surface area (Å²) in [5, 5.41) is 14.1. The van der Waals surface area contributed by atoms with Crippen LogP contribution in [0.5, 0.6) is 0 Å². The van der Waals surface area contributed by atoms with Crippen LogP contribution >= 0.6 is 15.9 Å². The molecule has 1 aromatic carbocycles. The Bertz CT molecular complexity index is 397. The lowest BCUT2D eigenvalue weighted by Crippen LogP contribution is -2.15. The zero-order chi connectivity index (χ0) is 13.4. The lowest BCUT2D eigenvalue weighted by Gasteiger charge is -2.06. The second-order valence-electron chi connectivity index (χ2n) is 4.27. The normalized spacial score (nSPS) is 10.6. The monoisotopic (exact) mass is 314 g/mol. The second-order valence-corrected chi connectivity index (χ2v) is 5.18. The zero-order valence-electron chi connectivity index (χ0n) is 10.6. The molecule has 0 spiro atoms. The van der Waals surface area contributed by atoms with E-state index < -0.39 is 0 Å². The number of nitro groups is 1. The van der Waals surface area contributed by atoms with Gasteiger partial charge in [0.1, 0.15) is 0 Å². The van der Waals surface area contributed by atoms with Crippen molar-refractivity contribution in [3.8, 4) is 0 Å². The minimum absolute atomic E-state index is 0.180. The van der Waals surface area contributed by atoms with Gasteiger partial charge in [-0.05, 0) is 25.1 Å². The van der Waals surface area contributed by atoms with E-state index in [1.807, 2.05) is 0 Å². The van der Waals surface area contributed by atoms with Gasteiger partial charge in [-0.1, -0.05) is 42.1 Å². The first kappa shape index (κ1) is 15.1. The fourth-order valence-corrected chi connectivity index (χ4v) is 2.18. The molecular formula is C13H19BrN2O2. The quantitative estimate of drug-likeness (QED) is 0.448. The molecule has 0 aliphatic rings. The molecule has 0 aliphatic carbocycles. The molecule has 0 atom stereocenters. The number of nitro benzene ring substituents is 1. The van der Waals surface area contributed by atoms with Crippen molar-refractivity contribution in [3.63, 3.8) is 0 Å². The van der Waals surface area contributed by atoms with E-state index in [-0.39, 0.29) is 10.6 Å². The molecule has 5 heteroatoms. The number of unbranched alkanes of at least 4 members (excludes halogenated alkanes) is 3. The van der Waals surface area contributed by atoms with Crippen molar-refractivity contribution in [2.45, 2.75) is 39.2 Å². The first-order valence-electron chi connectivity index (χ1n) is 6.28. The molecule has 1 aromatic rings. The molecule has 0 amide bonds. The molecule has 0 aromatic heterocycles. The Morgan fingerprint density at radius 3 is 2.78 bits per heavy atom. The van der Waals surface area contributed by atoms with Crippen LogP contribution in [-0.4, -0.2) is 11.5 Å². The topological polar surface area (TPSA) is 55.2 Å². The summed E-state index contributed by atoms with van der Waals surface area (Å²) in [4.78, 5) is 10.5. The highest BCUT2D eigenvalue weighted by Gasteiger charge is 2.12. The van der Waals surface area contributed by atoms with Crippen LogP contribution in [0, 0.1) is 10.1 Å². The number of halogens is 1. The highest BCUT2D eigenvalue weighted by atomic mass is 79.9. The van der Waals surface area contributed by atoms with E-state index in [4.69, 9.17) is 0 Å². The summed E-state index contributed by atoms with van der Waals surface area (Å²) in [6.45, 7) is 3.63. The second kappa shape index (κ2) is 8.21. The first-order chi connectivity index (χ1) is 8.65. The van der Waals surface area contributed by atoms with Gasteiger partial charge in [-0.3, -0.25) is 10.1 Å². The molecule has 0 bridgehead atoms. The van der Waals surface area contributed by atoms with Gasteiger partial charge in [0, 0.05) is 22.6 Å². The van der Waals surface area contributed by atoms with Gasteiger partial charge in [-0.25, -0.2) is 0 Å². The van der Waals surface area contributed by atoms with Crippen LogP contribution in [0.1, 0.15) is 38.2 Å². The zero-order valence-corrected chi connectivity index (χ0v) is 12.2. The Kier molecular flexibility index (Phi) is 6.90. The Labute approximate surface area is 116 Å². The van der Waals surface area contributed by atoms with Crippen LogP contribution in [0.3, 0.4) is 0 Å². The van der Waals surface area contributed by atoms with Crippen molar-refractivity contribution in [3.05, 3.63) is 38.3 Å². The summed E-state index contributed by atoms with van der Waals surface area (Å²) in [5.74, 6) is 0. The molecule has 1 rings (SSSR count). The third kappa shape index (κ3) is 5.14. The summed E-state index contributed by atoms with van der Waals surface area (Å²) in [6, 6.07) is 5.04. The van der Waals surface area contributed by atoms with E-state index >= 15 is 0 Å². The molecule has 4 nitrogen and oxygen atoms in total. The largest absolute Gasteiger partial charge is 0.312 e. The van der Waals surface area contributed by atoms with E-state index in [9.17, 15) is 10.1 Å². The van der Waals surface area contributed by atoms with Crippen molar-refractivity contribution in [2.24, 2.45) is 0 Å². The van der Waals surface area contributed by atoms with E-state index in [2.05, 4.69) is 28.2 Å². The standard InChI is InChI=1S/C13H19BrN2O2/c1-2-3-4-5-8-15-10-11-9-12(14)6-7-13(11)16(17)18/h6-7,9,15H,2-5,8,10H2,1H3. The number of hydrogen-bond acceptors (Lipinski definition) is 3. The van der Waals surface area contributed by atoms with Gasteiger partial charge in [0.15, 0.2) is 0 Å². The van der Waals surface area contributed by atoms with Gasteiger partial charge >= 0.3 is 0 Å². The SMILES string of the molecule is CCCCCCNCc1cc(Br)ccc1[N+](=O)[O-]. The molecule has 1 N–H and O–H groups in total. The summed E-state index contributed by atoms with van der Waals surface area (Å²) < 4.78 is 0.871. The number of rotatable bonds is 8. The lowest BCUT2D eigenvalue weighted by molar-refractivity contribution is -0.385. The molecule has 100 valence electrons. The van der Waals surface area contributed by atoms with E-state index in [1.165, 1.54) is 25.3 Å². The molecule has 0 radical (unpaired) electrons. The number of benzene rings is 1. The van der Waals surface area contributed by atoms with E-state index in [0.29, 0.717) is 6.54 Å². The number of nitrogens with zero attached hydrogens (tertiary/aromatic N) is 1. The van der Waals surface area contributed by atoms with Gasteiger partial charge < -0.3 is 5.32 Å². The fraction of sp³-hybridized carbons (Fsp3) is 0.538. The van der Waals surface area contributed by atoms with Crippen molar-refractivity contribution in [2.75, 3.05) is 6.54 Å². The molecular weight excluding hydrogens is 296 g/mol. The maximum absolute atomic E-state index is 10.9. The van der Waals surface area contributed by atoms with Crippen molar-refractivity contribution < 1.29 is 4.92 Å². The van der Waals surface area contributed by atoms with Crippen LogP contribution in [0.15, 0.2) is 22.7 Å². The Balaban J connectivity index is 2.45. The molecule has 0 heterocycles. The van der Waals surface area contributed by atoms with Crippen molar-refractivity contribution in [1.29, 1.82) is 0 Å².